The Morgan fingerprint density at radius 3 is 2.73 bits per heavy atom. The molecule has 0 saturated carbocycles. The van der Waals surface area contributed by atoms with Crippen LogP contribution in [0.1, 0.15) is 25.3 Å². The molecule has 0 radical (unpaired) electrons. The van der Waals surface area contributed by atoms with Crippen molar-refractivity contribution < 1.29 is 13.2 Å². The molecule has 1 aromatic rings. The first-order valence-electron chi connectivity index (χ1n) is 6.69. The summed E-state index contributed by atoms with van der Waals surface area (Å²) in [5.74, 6) is 0.635. The van der Waals surface area contributed by atoms with Gasteiger partial charge < -0.3 is 4.74 Å². The summed E-state index contributed by atoms with van der Waals surface area (Å²) in [5.41, 5.74) is 1.35. The van der Waals surface area contributed by atoms with Gasteiger partial charge in [-0.15, -0.1) is 0 Å². The Morgan fingerprint density at radius 2 is 2.14 bits per heavy atom. The summed E-state index contributed by atoms with van der Waals surface area (Å²) in [6.45, 7) is 2.30. The lowest BCUT2D eigenvalue weighted by Gasteiger charge is -2.21. The molecule has 1 heterocycles. The van der Waals surface area contributed by atoms with Gasteiger partial charge in [-0.25, -0.2) is 8.42 Å². The maximum absolute atomic E-state index is 11.7. The van der Waals surface area contributed by atoms with Crippen LogP contribution in [-0.2, 0) is 14.6 Å². The molecule has 0 aromatic carbocycles. The Morgan fingerprint density at radius 1 is 1.41 bits per heavy atom. The molecule has 2 rings (SSSR count). The van der Waals surface area contributed by atoms with Crippen molar-refractivity contribution in [3.05, 3.63) is 40.4 Å². The fourth-order valence-electron chi connectivity index (χ4n) is 2.25. The molecule has 5 nitrogen and oxygen atoms in total. The fraction of sp³-hybridized carbons (Fsp3) is 0.333. The molecular weight excluding hydrogens is 324 g/mol. The molecule has 0 fully saturated rings. The summed E-state index contributed by atoms with van der Waals surface area (Å²) in [6, 6.07) is 3.57. The van der Waals surface area contributed by atoms with Crippen LogP contribution >= 0.6 is 11.6 Å². The maximum atomic E-state index is 11.7. The number of hydrogen-bond donors (Lipinski definition) is 0. The number of nitriles is 1. The van der Waals surface area contributed by atoms with Crippen LogP contribution in [0, 0.1) is 11.3 Å². The van der Waals surface area contributed by atoms with Crippen LogP contribution in [0.2, 0.25) is 0 Å². The van der Waals surface area contributed by atoms with E-state index in [2.05, 4.69) is 11.1 Å². The minimum atomic E-state index is -3.39. The van der Waals surface area contributed by atoms with E-state index in [4.69, 9.17) is 16.3 Å². The van der Waals surface area contributed by atoms with Crippen LogP contribution in [0.4, 0.5) is 0 Å². The topological polar surface area (TPSA) is 80.0 Å². The summed E-state index contributed by atoms with van der Waals surface area (Å²) in [6.07, 6.45) is 5.00. The van der Waals surface area contributed by atoms with Gasteiger partial charge >= 0.3 is 0 Å². The molecule has 0 saturated heterocycles. The minimum Gasteiger partial charge on any atom is -0.498 e. The van der Waals surface area contributed by atoms with E-state index >= 15 is 0 Å². The van der Waals surface area contributed by atoms with Crippen molar-refractivity contribution >= 4 is 27.0 Å². The highest BCUT2D eigenvalue weighted by molar-refractivity contribution is 7.90. The number of ether oxygens (including phenoxy) is 1. The van der Waals surface area contributed by atoms with E-state index in [1.807, 2.05) is 6.92 Å². The summed E-state index contributed by atoms with van der Waals surface area (Å²) >= 11 is 6.15. The summed E-state index contributed by atoms with van der Waals surface area (Å²) in [5, 5.41) is 9.84. The highest BCUT2D eigenvalue weighted by Gasteiger charge is 2.24. The quantitative estimate of drug-likeness (QED) is 0.842. The van der Waals surface area contributed by atoms with Crippen molar-refractivity contribution in [3.63, 3.8) is 0 Å². The Kier molecular flexibility index (Phi) is 4.89. The average Bonchev–Trinajstić information content (AvgIpc) is 2.48. The largest absolute Gasteiger partial charge is 0.498 e. The predicted molar refractivity (Wildman–Crippen MR) is 83.6 cm³/mol. The third-order valence-electron chi connectivity index (χ3n) is 3.23. The van der Waals surface area contributed by atoms with E-state index in [-0.39, 0.29) is 4.90 Å². The molecule has 22 heavy (non-hydrogen) atoms. The fourth-order valence-corrected chi connectivity index (χ4v) is 3.07. The number of hydrogen-bond acceptors (Lipinski definition) is 5. The average molecular weight is 339 g/mol. The monoisotopic (exact) mass is 338 g/mol. The van der Waals surface area contributed by atoms with Gasteiger partial charge in [0.25, 0.3) is 0 Å². The molecule has 1 aliphatic carbocycles. The molecule has 116 valence electrons. The van der Waals surface area contributed by atoms with Gasteiger partial charge in [-0.1, -0.05) is 11.6 Å². The van der Waals surface area contributed by atoms with Crippen molar-refractivity contribution in [3.8, 4) is 6.07 Å². The first-order chi connectivity index (χ1) is 10.4. The zero-order valence-corrected chi connectivity index (χ0v) is 13.8. The Labute approximate surface area is 134 Å². The molecule has 1 aliphatic rings. The van der Waals surface area contributed by atoms with E-state index < -0.39 is 9.84 Å². The van der Waals surface area contributed by atoms with Crippen molar-refractivity contribution in [1.82, 2.24) is 4.98 Å². The number of sulfone groups is 1. The summed E-state index contributed by atoms with van der Waals surface area (Å²) < 4.78 is 29.0. The second-order valence-electron chi connectivity index (χ2n) is 4.80. The molecule has 0 spiro atoms. The predicted octanol–water partition coefficient (Wildman–Crippen LogP) is 3.04. The van der Waals surface area contributed by atoms with Gasteiger partial charge in [-0.3, -0.25) is 4.98 Å². The van der Waals surface area contributed by atoms with Crippen molar-refractivity contribution in [1.29, 1.82) is 5.26 Å². The van der Waals surface area contributed by atoms with Crippen molar-refractivity contribution in [2.24, 2.45) is 0 Å². The van der Waals surface area contributed by atoms with E-state index in [0.717, 1.165) is 6.26 Å². The number of halogens is 1. The van der Waals surface area contributed by atoms with E-state index in [0.29, 0.717) is 46.9 Å². The van der Waals surface area contributed by atoms with Crippen LogP contribution in [-0.4, -0.2) is 26.3 Å². The summed E-state index contributed by atoms with van der Waals surface area (Å²) in [4.78, 5) is 4.06. The summed E-state index contributed by atoms with van der Waals surface area (Å²) in [7, 11) is -3.39. The number of allylic oxidation sites excluding steroid dienone is 4. The highest BCUT2D eigenvalue weighted by Crippen LogP contribution is 2.38. The van der Waals surface area contributed by atoms with Gasteiger partial charge in [0.15, 0.2) is 9.84 Å². The lowest BCUT2D eigenvalue weighted by Crippen LogP contribution is -2.07. The van der Waals surface area contributed by atoms with Gasteiger partial charge in [-0.2, -0.15) is 5.26 Å². The molecule has 1 aromatic heterocycles. The van der Waals surface area contributed by atoms with Gasteiger partial charge in [-0.05, 0) is 19.4 Å². The normalized spacial score (nSPS) is 15.7. The molecule has 0 aliphatic heterocycles. The number of pyridine rings is 1. The van der Waals surface area contributed by atoms with Crippen LogP contribution in [0.25, 0.3) is 5.57 Å². The van der Waals surface area contributed by atoms with Gasteiger partial charge in [0, 0.05) is 41.2 Å². The minimum absolute atomic E-state index is 0.0901. The Hall–Kier alpha value is -1.84. The highest BCUT2D eigenvalue weighted by atomic mass is 35.5. The second-order valence-corrected chi connectivity index (χ2v) is 7.28. The molecule has 0 unspecified atom stereocenters. The number of nitrogens with zero attached hydrogens (tertiary/aromatic N) is 2. The smallest absolute Gasteiger partial charge is 0.177 e. The molecular formula is C15H15ClN2O3S. The van der Waals surface area contributed by atoms with Crippen LogP contribution in [0.5, 0.6) is 0 Å². The second kappa shape index (κ2) is 6.51. The van der Waals surface area contributed by atoms with E-state index in [1.165, 1.54) is 18.5 Å². The maximum Gasteiger partial charge on any atom is 0.177 e. The zero-order chi connectivity index (χ0) is 16.3. The molecule has 0 atom stereocenters. The Balaban J connectivity index is 2.67. The number of rotatable bonds is 4. The molecule has 0 amide bonds. The lowest BCUT2D eigenvalue weighted by molar-refractivity contribution is 0.220. The first-order valence-corrected chi connectivity index (χ1v) is 8.96. The Bertz CT molecular complexity index is 800. The first kappa shape index (κ1) is 16.5. The van der Waals surface area contributed by atoms with Gasteiger partial charge in [0.05, 0.1) is 17.1 Å². The molecule has 7 heteroatoms. The van der Waals surface area contributed by atoms with Crippen molar-refractivity contribution in [2.75, 3.05) is 12.9 Å². The van der Waals surface area contributed by atoms with E-state index in [9.17, 15) is 13.7 Å². The van der Waals surface area contributed by atoms with Crippen LogP contribution in [0.15, 0.2) is 39.7 Å². The van der Waals surface area contributed by atoms with Crippen LogP contribution in [0.3, 0.4) is 0 Å². The lowest BCUT2D eigenvalue weighted by atomic mass is 9.92. The van der Waals surface area contributed by atoms with Gasteiger partial charge in [0.1, 0.15) is 11.8 Å². The standard InChI is InChI=1S/C15H15ClN2O3S/c1-3-21-14-5-4-13(16)12(7-17)15(14)10-6-11(9-18-8-10)22(2,19)20/h6,8-9H,3-5H2,1-2H3. The van der Waals surface area contributed by atoms with Gasteiger partial charge in [0.2, 0.25) is 0 Å². The SMILES string of the molecule is CCOC1=C(c2cncc(S(C)(=O)=O)c2)C(C#N)=C(Cl)CC1. The third-order valence-corrected chi connectivity index (χ3v) is 4.69. The third kappa shape index (κ3) is 3.32. The molecule has 0 N–H and O–H groups in total. The molecule has 0 bridgehead atoms. The van der Waals surface area contributed by atoms with Crippen molar-refractivity contribution in [2.45, 2.75) is 24.7 Å². The zero-order valence-electron chi connectivity index (χ0n) is 12.3. The van der Waals surface area contributed by atoms with Crippen LogP contribution < -0.4 is 0 Å². The van der Waals surface area contributed by atoms with E-state index in [1.54, 1.807) is 0 Å². The number of aromatic nitrogens is 1.